The van der Waals surface area contributed by atoms with Crippen LogP contribution in [0.1, 0.15) is 17.3 Å². The quantitative estimate of drug-likeness (QED) is 0.618. The molecule has 0 aliphatic heterocycles. The molecule has 21 heavy (non-hydrogen) atoms. The van der Waals surface area contributed by atoms with Crippen molar-refractivity contribution in [3.63, 3.8) is 0 Å². The zero-order valence-electron chi connectivity index (χ0n) is 11.2. The zero-order valence-corrected chi connectivity index (χ0v) is 11.2. The molecule has 7 heteroatoms. The Morgan fingerprint density at radius 2 is 2.10 bits per heavy atom. The lowest BCUT2D eigenvalue weighted by Crippen LogP contribution is -2.39. The number of terminal acetylenes is 1. The van der Waals surface area contributed by atoms with Gasteiger partial charge in [0.05, 0.1) is 18.7 Å². The Kier molecular flexibility index (Phi) is 5.59. The number of hydrogen-bond acceptors (Lipinski definition) is 2. The summed E-state index contributed by atoms with van der Waals surface area (Å²) in [6.45, 7) is -0.427. The summed E-state index contributed by atoms with van der Waals surface area (Å²) in [4.78, 5) is 12.6. The van der Waals surface area contributed by atoms with Crippen molar-refractivity contribution >= 4 is 5.91 Å². The number of amides is 1. The SMILES string of the molecule is C#CCN(CC(F)(F)F)C(=O)c1cccc(F)c1OCC. The molecule has 0 radical (unpaired) electrons. The molecule has 0 spiro atoms. The van der Waals surface area contributed by atoms with Crippen molar-refractivity contribution in [2.45, 2.75) is 13.1 Å². The first kappa shape index (κ1) is 16.8. The Morgan fingerprint density at radius 1 is 1.43 bits per heavy atom. The molecule has 1 amide bonds. The maximum Gasteiger partial charge on any atom is 0.406 e. The van der Waals surface area contributed by atoms with Crippen molar-refractivity contribution in [2.75, 3.05) is 19.7 Å². The minimum Gasteiger partial charge on any atom is -0.490 e. The van der Waals surface area contributed by atoms with E-state index < -0.39 is 31.0 Å². The third kappa shape index (κ3) is 4.67. The van der Waals surface area contributed by atoms with Crippen LogP contribution in [-0.4, -0.2) is 36.7 Å². The summed E-state index contributed by atoms with van der Waals surface area (Å²) in [7, 11) is 0. The van der Waals surface area contributed by atoms with Gasteiger partial charge in [0.1, 0.15) is 6.54 Å². The van der Waals surface area contributed by atoms with Gasteiger partial charge in [-0.25, -0.2) is 4.39 Å². The van der Waals surface area contributed by atoms with E-state index in [2.05, 4.69) is 0 Å². The van der Waals surface area contributed by atoms with Crippen molar-refractivity contribution < 1.29 is 27.1 Å². The minimum absolute atomic E-state index is 0.0651. The summed E-state index contributed by atoms with van der Waals surface area (Å²) < 4.78 is 56.0. The van der Waals surface area contributed by atoms with Crippen LogP contribution in [0.4, 0.5) is 17.6 Å². The molecule has 0 bridgehead atoms. The second kappa shape index (κ2) is 6.97. The molecule has 0 saturated heterocycles. The number of halogens is 4. The zero-order chi connectivity index (χ0) is 16.0. The van der Waals surface area contributed by atoms with Crippen molar-refractivity contribution in [1.82, 2.24) is 4.90 Å². The number of carbonyl (C=O) groups is 1. The molecular formula is C14H13F4NO2. The van der Waals surface area contributed by atoms with Crippen molar-refractivity contribution in [3.05, 3.63) is 29.6 Å². The molecule has 0 aromatic heterocycles. The maximum atomic E-state index is 13.6. The Labute approximate surface area is 119 Å². The maximum absolute atomic E-state index is 13.6. The van der Waals surface area contributed by atoms with Gasteiger partial charge in [0, 0.05) is 0 Å². The predicted octanol–water partition coefficient (Wildman–Crippen LogP) is 2.86. The number of nitrogens with zero attached hydrogens (tertiary/aromatic N) is 1. The molecule has 0 saturated carbocycles. The summed E-state index contributed by atoms with van der Waals surface area (Å²) in [5.74, 6) is -0.261. The lowest BCUT2D eigenvalue weighted by molar-refractivity contribution is -0.139. The highest BCUT2D eigenvalue weighted by Crippen LogP contribution is 2.25. The van der Waals surface area contributed by atoms with E-state index in [0.29, 0.717) is 4.90 Å². The summed E-state index contributed by atoms with van der Waals surface area (Å²) >= 11 is 0. The monoisotopic (exact) mass is 303 g/mol. The lowest BCUT2D eigenvalue weighted by atomic mass is 10.1. The molecule has 0 fully saturated rings. The topological polar surface area (TPSA) is 29.5 Å². The summed E-state index contributed by atoms with van der Waals surface area (Å²) in [5.41, 5.74) is -0.295. The molecule has 114 valence electrons. The molecule has 0 heterocycles. The average Bonchev–Trinajstić information content (AvgIpc) is 2.38. The number of para-hydroxylation sites is 1. The molecule has 0 atom stereocenters. The number of carbonyl (C=O) groups excluding carboxylic acids is 1. The lowest BCUT2D eigenvalue weighted by Gasteiger charge is -2.23. The first-order chi connectivity index (χ1) is 9.80. The van der Waals surface area contributed by atoms with Crippen LogP contribution in [0.2, 0.25) is 0 Å². The van der Waals surface area contributed by atoms with Crippen LogP contribution in [0.5, 0.6) is 5.75 Å². The Bertz CT molecular complexity index is 549. The van der Waals surface area contributed by atoms with Crippen LogP contribution in [0.25, 0.3) is 0 Å². The highest BCUT2D eigenvalue weighted by atomic mass is 19.4. The fourth-order valence-corrected chi connectivity index (χ4v) is 1.66. The first-order valence-corrected chi connectivity index (χ1v) is 6.01. The van der Waals surface area contributed by atoms with E-state index in [-0.39, 0.29) is 17.9 Å². The van der Waals surface area contributed by atoms with Gasteiger partial charge in [-0.05, 0) is 19.1 Å². The Morgan fingerprint density at radius 3 is 2.62 bits per heavy atom. The second-order valence-electron chi connectivity index (χ2n) is 4.03. The fourth-order valence-electron chi connectivity index (χ4n) is 1.66. The van der Waals surface area contributed by atoms with E-state index in [0.717, 1.165) is 6.07 Å². The van der Waals surface area contributed by atoms with Crippen LogP contribution >= 0.6 is 0 Å². The first-order valence-electron chi connectivity index (χ1n) is 6.01. The Balaban J connectivity index is 3.15. The van der Waals surface area contributed by atoms with E-state index in [1.165, 1.54) is 12.1 Å². The average molecular weight is 303 g/mol. The number of benzene rings is 1. The molecule has 3 nitrogen and oxygen atoms in total. The molecule has 1 aromatic carbocycles. The van der Waals surface area contributed by atoms with Gasteiger partial charge in [0.2, 0.25) is 0 Å². The van der Waals surface area contributed by atoms with Crippen LogP contribution in [0.15, 0.2) is 18.2 Å². The van der Waals surface area contributed by atoms with Crippen LogP contribution < -0.4 is 4.74 Å². The van der Waals surface area contributed by atoms with Gasteiger partial charge in [-0.15, -0.1) is 6.42 Å². The van der Waals surface area contributed by atoms with Gasteiger partial charge in [0.25, 0.3) is 5.91 Å². The fraction of sp³-hybridized carbons (Fsp3) is 0.357. The molecule has 1 aromatic rings. The highest BCUT2D eigenvalue weighted by Gasteiger charge is 2.34. The van der Waals surface area contributed by atoms with Gasteiger partial charge >= 0.3 is 6.18 Å². The molecular weight excluding hydrogens is 290 g/mol. The van der Waals surface area contributed by atoms with E-state index >= 15 is 0 Å². The van der Waals surface area contributed by atoms with Gasteiger partial charge in [-0.1, -0.05) is 12.0 Å². The van der Waals surface area contributed by atoms with Gasteiger partial charge in [-0.2, -0.15) is 13.2 Å². The molecule has 0 unspecified atom stereocenters. The summed E-state index contributed by atoms with van der Waals surface area (Å²) in [6, 6.07) is 3.46. The van der Waals surface area contributed by atoms with E-state index in [9.17, 15) is 22.4 Å². The van der Waals surface area contributed by atoms with Gasteiger partial charge in [0.15, 0.2) is 11.6 Å². The predicted molar refractivity (Wildman–Crippen MR) is 68.4 cm³/mol. The highest BCUT2D eigenvalue weighted by molar-refractivity contribution is 5.97. The minimum atomic E-state index is -4.61. The molecule has 1 rings (SSSR count). The Hall–Kier alpha value is -2.23. The number of ether oxygens (including phenoxy) is 1. The van der Waals surface area contributed by atoms with Crippen molar-refractivity contribution in [3.8, 4) is 18.1 Å². The number of rotatable bonds is 5. The standard InChI is InChI=1S/C14H13F4NO2/c1-3-8-19(9-14(16,17)18)13(20)10-6-5-7-11(15)12(10)21-4-2/h1,5-7H,4,8-9H2,2H3. The second-order valence-corrected chi connectivity index (χ2v) is 4.03. The van der Waals surface area contributed by atoms with Crippen LogP contribution in [-0.2, 0) is 0 Å². The van der Waals surface area contributed by atoms with Crippen LogP contribution in [0.3, 0.4) is 0 Å². The molecule has 0 aliphatic rings. The normalized spacial score (nSPS) is 10.9. The number of alkyl halides is 3. The van der Waals surface area contributed by atoms with Gasteiger partial charge < -0.3 is 9.64 Å². The smallest absolute Gasteiger partial charge is 0.406 e. The van der Waals surface area contributed by atoms with E-state index in [1.807, 2.05) is 5.92 Å². The summed E-state index contributed by atoms with van der Waals surface area (Å²) in [6.07, 6.45) is 0.369. The number of hydrogen-bond donors (Lipinski definition) is 0. The van der Waals surface area contributed by atoms with E-state index in [4.69, 9.17) is 11.2 Å². The third-order valence-electron chi connectivity index (χ3n) is 2.43. The largest absolute Gasteiger partial charge is 0.490 e. The van der Waals surface area contributed by atoms with E-state index in [1.54, 1.807) is 6.92 Å². The summed E-state index contributed by atoms with van der Waals surface area (Å²) in [5, 5.41) is 0. The van der Waals surface area contributed by atoms with Crippen LogP contribution in [0, 0.1) is 18.2 Å². The van der Waals surface area contributed by atoms with Crippen molar-refractivity contribution in [1.29, 1.82) is 0 Å². The van der Waals surface area contributed by atoms with Gasteiger partial charge in [-0.3, -0.25) is 4.79 Å². The third-order valence-corrected chi connectivity index (χ3v) is 2.43. The molecule has 0 aliphatic carbocycles. The molecule has 0 N–H and O–H groups in total. The van der Waals surface area contributed by atoms with Crippen molar-refractivity contribution in [2.24, 2.45) is 0 Å².